The topological polar surface area (TPSA) is 97.5 Å². The molecule has 0 saturated carbocycles. The number of nitrogens with two attached hydrogens (primary N) is 1. The van der Waals surface area contributed by atoms with Gasteiger partial charge in [0.15, 0.2) is 0 Å². The number of anilines is 1. The minimum atomic E-state index is -3.89. The summed E-state index contributed by atoms with van der Waals surface area (Å²) in [5.41, 5.74) is 3.01. The van der Waals surface area contributed by atoms with Crippen LogP contribution < -0.4 is 20.1 Å². The molecule has 3 aromatic rings. The minimum absolute atomic E-state index is 0.134. The van der Waals surface area contributed by atoms with Crippen LogP contribution in [-0.4, -0.2) is 46.7 Å². The second kappa shape index (κ2) is 8.11. The molecule has 29 heavy (non-hydrogen) atoms. The number of hydrogen-bond acceptors (Lipinski definition) is 7. The first-order valence-corrected chi connectivity index (χ1v) is 11.6. The maximum Gasteiger partial charge on any atom is 0.248 e. The van der Waals surface area contributed by atoms with Crippen LogP contribution in [0, 0.1) is 0 Å². The van der Waals surface area contributed by atoms with Crippen molar-refractivity contribution in [3.63, 3.8) is 0 Å². The first-order chi connectivity index (χ1) is 14.0. The van der Waals surface area contributed by atoms with Crippen molar-refractivity contribution in [1.82, 2.24) is 10.3 Å². The first-order valence-electron chi connectivity index (χ1n) is 9.19. The zero-order chi connectivity index (χ0) is 20.4. The summed E-state index contributed by atoms with van der Waals surface area (Å²) in [6, 6.07) is 13.1. The van der Waals surface area contributed by atoms with Crippen molar-refractivity contribution in [1.29, 1.82) is 0 Å². The quantitative estimate of drug-likeness (QED) is 0.646. The Bertz CT molecular complexity index is 1110. The van der Waals surface area contributed by atoms with Crippen molar-refractivity contribution in [2.24, 2.45) is 5.14 Å². The molecular weight excluding hydrogens is 408 g/mol. The number of thiophene rings is 1. The van der Waals surface area contributed by atoms with E-state index in [1.54, 1.807) is 13.3 Å². The van der Waals surface area contributed by atoms with Crippen LogP contribution in [0.5, 0.6) is 5.75 Å². The molecule has 1 aliphatic heterocycles. The molecule has 1 fully saturated rings. The Kier molecular flexibility index (Phi) is 5.55. The van der Waals surface area contributed by atoms with Gasteiger partial charge in [0.1, 0.15) is 9.96 Å². The molecule has 0 spiro atoms. The van der Waals surface area contributed by atoms with E-state index in [0.29, 0.717) is 11.3 Å². The van der Waals surface area contributed by atoms with Crippen LogP contribution in [-0.2, 0) is 10.0 Å². The van der Waals surface area contributed by atoms with Gasteiger partial charge in [-0.15, -0.1) is 11.3 Å². The summed E-state index contributed by atoms with van der Waals surface area (Å²) < 4.78 is 30.3. The van der Waals surface area contributed by atoms with Gasteiger partial charge in [0.2, 0.25) is 10.0 Å². The van der Waals surface area contributed by atoms with E-state index in [0.717, 1.165) is 59.4 Å². The molecule has 2 aromatic heterocycles. The highest BCUT2D eigenvalue weighted by atomic mass is 32.2. The maximum atomic E-state index is 12.3. The third kappa shape index (κ3) is 4.13. The number of benzene rings is 1. The molecule has 0 atom stereocenters. The van der Waals surface area contributed by atoms with Crippen LogP contribution in [0.2, 0.25) is 0 Å². The number of pyridine rings is 1. The fourth-order valence-corrected chi connectivity index (χ4v) is 5.54. The van der Waals surface area contributed by atoms with Gasteiger partial charge < -0.3 is 15.0 Å². The Morgan fingerprint density at radius 1 is 1.17 bits per heavy atom. The average Bonchev–Trinajstić information content (AvgIpc) is 3.21. The van der Waals surface area contributed by atoms with E-state index >= 15 is 0 Å². The number of ether oxygens (including phenoxy) is 1. The van der Waals surface area contributed by atoms with Gasteiger partial charge in [-0.25, -0.2) is 13.6 Å². The van der Waals surface area contributed by atoms with E-state index in [4.69, 9.17) is 9.88 Å². The predicted molar refractivity (Wildman–Crippen MR) is 116 cm³/mol. The molecule has 1 saturated heterocycles. The third-order valence-electron chi connectivity index (χ3n) is 4.82. The van der Waals surface area contributed by atoms with Gasteiger partial charge in [0, 0.05) is 37.9 Å². The third-order valence-corrected chi connectivity index (χ3v) is 7.46. The van der Waals surface area contributed by atoms with Crippen molar-refractivity contribution in [2.75, 3.05) is 38.2 Å². The van der Waals surface area contributed by atoms with E-state index in [1.807, 2.05) is 42.5 Å². The molecule has 1 aromatic carbocycles. The number of nitrogens with one attached hydrogen (secondary N) is 1. The highest BCUT2D eigenvalue weighted by Crippen LogP contribution is 2.41. The number of piperazine rings is 1. The molecule has 0 amide bonds. The normalized spacial score (nSPS) is 14.8. The van der Waals surface area contributed by atoms with E-state index in [2.05, 4.69) is 15.2 Å². The van der Waals surface area contributed by atoms with Gasteiger partial charge in [0.25, 0.3) is 0 Å². The Balaban J connectivity index is 1.84. The zero-order valence-corrected chi connectivity index (χ0v) is 17.6. The SMILES string of the molecule is COc1ccc(-c2cc(-c3ccccn3)sc2S(N)(=O)=O)cc1N1CCNCC1. The van der Waals surface area contributed by atoms with Crippen molar-refractivity contribution in [3.8, 4) is 27.4 Å². The molecule has 152 valence electrons. The maximum absolute atomic E-state index is 12.3. The Hall–Kier alpha value is -2.46. The number of methoxy groups -OCH3 is 1. The summed E-state index contributed by atoms with van der Waals surface area (Å²) in [5, 5.41) is 8.88. The number of rotatable bonds is 5. The molecule has 0 aliphatic carbocycles. The second-order valence-electron chi connectivity index (χ2n) is 6.70. The molecule has 0 radical (unpaired) electrons. The zero-order valence-electron chi connectivity index (χ0n) is 16.0. The number of nitrogens with zero attached hydrogens (tertiary/aromatic N) is 2. The van der Waals surface area contributed by atoms with Crippen LogP contribution in [0.25, 0.3) is 21.7 Å². The fraction of sp³-hybridized carbons (Fsp3) is 0.250. The van der Waals surface area contributed by atoms with Gasteiger partial charge in [-0.3, -0.25) is 4.98 Å². The number of hydrogen-bond donors (Lipinski definition) is 2. The Labute approximate surface area is 174 Å². The Morgan fingerprint density at radius 2 is 1.97 bits per heavy atom. The lowest BCUT2D eigenvalue weighted by atomic mass is 10.1. The lowest BCUT2D eigenvalue weighted by Crippen LogP contribution is -2.43. The van der Waals surface area contributed by atoms with Gasteiger partial charge in [0.05, 0.1) is 23.4 Å². The van der Waals surface area contributed by atoms with E-state index < -0.39 is 10.0 Å². The molecular formula is C20H22N4O3S2. The lowest BCUT2D eigenvalue weighted by molar-refractivity contribution is 0.413. The number of sulfonamides is 1. The van der Waals surface area contributed by atoms with Gasteiger partial charge >= 0.3 is 0 Å². The van der Waals surface area contributed by atoms with E-state index in [-0.39, 0.29) is 4.21 Å². The van der Waals surface area contributed by atoms with E-state index in [9.17, 15) is 8.42 Å². The smallest absolute Gasteiger partial charge is 0.248 e. The van der Waals surface area contributed by atoms with Gasteiger partial charge in [-0.1, -0.05) is 12.1 Å². The van der Waals surface area contributed by atoms with Gasteiger partial charge in [-0.2, -0.15) is 0 Å². The summed E-state index contributed by atoms with van der Waals surface area (Å²) in [4.78, 5) is 7.33. The predicted octanol–water partition coefficient (Wildman–Crippen LogP) is 2.54. The number of aromatic nitrogens is 1. The Morgan fingerprint density at radius 3 is 2.62 bits per heavy atom. The monoisotopic (exact) mass is 430 g/mol. The summed E-state index contributed by atoms with van der Waals surface area (Å²) >= 11 is 1.14. The second-order valence-corrected chi connectivity index (χ2v) is 9.50. The molecule has 7 nitrogen and oxygen atoms in total. The summed E-state index contributed by atoms with van der Waals surface area (Å²) in [5.74, 6) is 0.757. The highest BCUT2D eigenvalue weighted by molar-refractivity contribution is 7.91. The summed E-state index contributed by atoms with van der Waals surface area (Å²) in [6.07, 6.45) is 1.68. The summed E-state index contributed by atoms with van der Waals surface area (Å²) in [6.45, 7) is 3.48. The molecule has 3 N–H and O–H groups in total. The van der Waals surface area contributed by atoms with Crippen molar-refractivity contribution in [3.05, 3.63) is 48.7 Å². The van der Waals surface area contributed by atoms with Crippen LogP contribution in [0.3, 0.4) is 0 Å². The minimum Gasteiger partial charge on any atom is -0.495 e. The molecule has 4 rings (SSSR count). The van der Waals surface area contributed by atoms with Crippen LogP contribution in [0.1, 0.15) is 0 Å². The molecule has 3 heterocycles. The highest BCUT2D eigenvalue weighted by Gasteiger charge is 2.23. The first kappa shape index (κ1) is 19.8. The van der Waals surface area contributed by atoms with Gasteiger partial charge in [-0.05, 0) is 35.9 Å². The molecule has 0 unspecified atom stereocenters. The van der Waals surface area contributed by atoms with Crippen LogP contribution in [0.15, 0.2) is 52.9 Å². The standard InChI is InChI=1S/C20H22N4O3S2/c1-27-18-6-5-14(12-17(18)24-10-8-22-9-11-24)15-13-19(16-4-2-3-7-23-16)28-20(15)29(21,25)26/h2-7,12-13,22H,8-11H2,1H3,(H2,21,25,26). The van der Waals surface area contributed by atoms with Crippen molar-refractivity contribution in [2.45, 2.75) is 4.21 Å². The van der Waals surface area contributed by atoms with E-state index in [1.165, 1.54) is 0 Å². The van der Waals surface area contributed by atoms with Crippen molar-refractivity contribution < 1.29 is 13.2 Å². The van der Waals surface area contributed by atoms with Crippen LogP contribution >= 0.6 is 11.3 Å². The molecule has 9 heteroatoms. The molecule has 1 aliphatic rings. The summed E-state index contributed by atoms with van der Waals surface area (Å²) in [7, 11) is -2.25. The van der Waals surface area contributed by atoms with Crippen LogP contribution in [0.4, 0.5) is 5.69 Å². The fourth-order valence-electron chi connectivity index (χ4n) is 3.43. The largest absolute Gasteiger partial charge is 0.495 e. The lowest BCUT2D eigenvalue weighted by Gasteiger charge is -2.31. The van der Waals surface area contributed by atoms with Crippen molar-refractivity contribution >= 4 is 27.0 Å². The molecule has 0 bridgehead atoms. The number of primary sulfonamides is 1. The average molecular weight is 431 g/mol.